The molecule has 1 aromatic rings. The van der Waals surface area contributed by atoms with Crippen molar-refractivity contribution in [2.24, 2.45) is 11.7 Å². The molecule has 0 aliphatic rings. The van der Waals surface area contributed by atoms with Gasteiger partial charge in [-0.15, -0.1) is 12.4 Å². The molecule has 1 aromatic heterocycles. The quantitative estimate of drug-likeness (QED) is 0.862. The molecule has 0 aliphatic heterocycles. The number of halogens is 1. The molecular formula is C11H20ClN3O2. The van der Waals surface area contributed by atoms with Gasteiger partial charge < -0.3 is 15.5 Å². The van der Waals surface area contributed by atoms with Gasteiger partial charge in [0.05, 0.1) is 12.2 Å². The van der Waals surface area contributed by atoms with Gasteiger partial charge in [-0.2, -0.15) is 0 Å². The van der Waals surface area contributed by atoms with Crippen LogP contribution in [0.15, 0.2) is 10.6 Å². The summed E-state index contributed by atoms with van der Waals surface area (Å²) in [6.45, 7) is 7.44. The van der Waals surface area contributed by atoms with Crippen LogP contribution in [0.4, 0.5) is 0 Å². The zero-order chi connectivity index (χ0) is 12.3. The summed E-state index contributed by atoms with van der Waals surface area (Å²) in [6, 6.07) is -0.760. The van der Waals surface area contributed by atoms with Crippen LogP contribution in [0.2, 0.25) is 0 Å². The molecule has 2 atom stereocenters. The molecule has 1 amide bonds. The van der Waals surface area contributed by atoms with Gasteiger partial charge in [0, 0.05) is 0 Å². The Kier molecular flexibility index (Phi) is 6.20. The van der Waals surface area contributed by atoms with Crippen LogP contribution in [0.25, 0.3) is 0 Å². The molecule has 98 valence electrons. The number of carbonyl (C=O) groups is 1. The van der Waals surface area contributed by atoms with Crippen molar-refractivity contribution in [3.63, 3.8) is 0 Å². The van der Waals surface area contributed by atoms with Crippen molar-refractivity contribution in [3.05, 3.63) is 17.8 Å². The van der Waals surface area contributed by atoms with E-state index < -0.39 is 6.04 Å². The van der Waals surface area contributed by atoms with E-state index in [1.54, 1.807) is 6.20 Å². The Morgan fingerprint density at radius 1 is 1.47 bits per heavy atom. The van der Waals surface area contributed by atoms with Crippen molar-refractivity contribution in [2.45, 2.75) is 39.8 Å². The van der Waals surface area contributed by atoms with Crippen molar-refractivity contribution in [2.75, 3.05) is 0 Å². The molecule has 1 heterocycles. The maximum absolute atomic E-state index is 11.7. The predicted molar refractivity (Wildman–Crippen MR) is 67.9 cm³/mol. The standard InChI is InChI=1S/C11H19N3O2.ClH/c1-6(2)9(12)10(15)14-8(4)11-13-5-7(3)16-11;/h5-6,8-9H,12H2,1-4H3,(H,14,15);1H/t8?,9-;/m1./s1. The van der Waals surface area contributed by atoms with Crippen LogP contribution in [-0.4, -0.2) is 16.9 Å². The molecule has 0 saturated heterocycles. The molecule has 17 heavy (non-hydrogen) atoms. The lowest BCUT2D eigenvalue weighted by molar-refractivity contribution is -0.124. The number of nitrogens with two attached hydrogens (primary N) is 1. The van der Waals surface area contributed by atoms with E-state index in [9.17, 15) is 4.79 Å². The number of amides is 1. The summed E-state index contributed by atoms with van der Waals surface area (Å²) in [5, 5.41) is 2.77. The molecule has 0 aromatic carbocycles. The summed E-state index contributed by atoms with van der Waals surface area (Å²) in [5.41, 5.74) is 5.73. The van der Waals surface area contributed by atoms with Gasteiger partial charge in [-0.25, -0.2) is 4.98 Å². The Labute approximate surface area is 108 Å². The first-order chi connectivity index (χ1) is 7.41. The van der Waals surface area contributed by atoms with Crippen molar-refractivity contribution < 1.29 is 9.21 Å². The number of oxazole rings is 1. The molecular weight excluding hydrogens is 242 g/mol. The Morgan fingerprint density at radius 2 is 2.06 bits per heavy atom. The molecule has 0 fully saturated rings. The van der Waals surface area contributed by atoms with Gasteiger partial charge in [-0.05, 0) is 19.8 Å². The average molecular weight is 262 g/mol. The van der Waals surface area contributed by atoms with Crippen LogP contribution in [0.1, 0.15) is 38.5 Å². The predicted octanol–water partition coefficient (Wildman–Crippen LogP) is 1.57. The molecule has 0 radical (unpaired) electrons. The van der Waals surface area contributed by atoms with Crippen molar-refractivity contribution in [1.29, 1.82) is 0 Å². The normalized spacial score (nSPS) is 14.0. The summed E-state index contributed by atoms with van der Waals surface area (Å²) in [6.07, 6.45) is 1.63. The first kappa shape index (κ1) is 15.9. The van der Waals surface area contributed by atoms with Gasteiger partial charge >= 0.3 is 0 Å². The van der Waals surface area contributed by atoms with E-state index in [4.69, 9.17) is 10.2 Å². The molecule has 5 nitrogen and oxygen atoms in total. The van der Waals surface area contributed by atoms with Crippen LogP contribution in [0.5, 0.6) is 0 Å². The monoisotopic (exact) mass is 261 g/mol. The molecule has 0 bridgehead atoms. The number of carbonyl (C=O) groups excluding carboxylic acids is 1. The zero-order valence-electron chi connectivity index (χ0n) is 10.6. The molecule has 1 unspecified atom stereocenters. The van der Waals surface area contributed by atoms with Crippen molar-refractivity contribution >= 4 is 18.3 Å². The first-order valence-corrected chi connectivity index (χ1v) is 5.40. The number of aromatic nitrogens is 1. The van der Waals surface area contributed by atoms with Gasteiger partial charge in [0.1, 0.15) is 11.8 Å². The maximum Gasteiger partial charge on any atom is 0.237 e. The minimum Gasteiger partial charge on any atom is -0.444 e. The van der Waals surface area contributed by atoms with E-state index in [0.29, 0.717) is 5.89 Å². The maximum atomic E-state index is 11.7. The second kappa shape index (κ2) is 6.61. The number of hydrogen-bond acceptors (Lipinski definition) is 4. The fourth-order valence-electron chi connectivity index (χ4n) is 1.25. The first-order valence-electron chi connectivity index (χ1n) is 5.40. The summed E-state index contributed by atoms with van der Waals surface area (Å²) >= 11 is 0. The fourth-order valence-corrected chi connectivity index (χ4v) is 1.25. The third-order valence-electron chi connectivity index (χ3n) is 2.39. The molecule has 0 spiro atoms. The highest BCUT2D eigenvalue weighted by Gasteiger charge is 2.21. The van der Waals surface area contributed by atoms with Crippen LogP contribution in [0.3, 0.4) is 0 Å². The summed E-state index contributed by atoms with van der Waals surface area (Å²) < 4.78 is 5.32. The molecule has 0 aliphatic carbocycles. The minimum absolute atomic E-state index is 0. The zero-order valence-corrected chi connectivity index (χ0v) is 11.4. The third-order valence-corrected chi connectivity index (χ3v) is 2.39. The van der Waals surface area contributed by atoms with Crippen LogP contribution in [-0.2, 0) is 4.79 Å². The molecule has 0 saturated carbocycles. The van der Waals surface area contributed by atoms with Gasteiger partial charge in [0.25, 0.3) is 0 Å². The molecule has 6 heteroatoms. The second-order valence-electron chi connectivity index (χ2n) is 4.31. The van der Waals surface area contributed by atoms with Gasteiger partial charge in [-0.3, -0.25) is 4.79 Å². The smallest absolute Gasteiger partial charge is 0.237 e. The third kappa shape index (κ3) is 4.36. The highest BCUT2D eigenvalue weighted by atomic mass is 35.5. The lowest BCUT2D eigenvalue weighted by atomic mass is 10.0. The van der Waals surface area contributed by atoms with E-state index in [2.05, 4.69) is 10.3 Å². The number of aryl methyl sites for hydroxylation is 1. The van der Waals surface area contributed by atoms with Gasteiger partial charge in [0.2, 0.25) is 11.8 Å². The summed E-state index contributed by atoms with van der Waals surface area (Å²) in [4.78, 5) is 15.7. The van der Waals surface area contributed by atoms with Crippen LogP contribution in [0, 0.1) is 12.8 Å². The van der Waals surface area contributed by atoms with E-state index in [1.165, 1.54) is 0 Å². The average Bonchev–Trinajstić information content (AvgIpc) is 2.63. The van der Waals surface area contributed by atoms with E-state index in [0.717, 1.165) is 5.76 Å². The Balaban J connectivity index is 0.00000256. The van der Waals surface area contributed by atoms with Crippen LogP contribution >= 0.6 is 12.4 Å². The lowest BCUT2D eigenvalue weighted by Crippen LogP contribution is -2.44. The Morgan fingerprint density at radius 3 is 2.47 bits per heavy atom. The number of rotatable bonds is 4. The summed E-state index contributed by atoms with van der Waals surface area (Å²) in [7, 11) is 0. The molecule has 3 N–H and O–H groups in total. The largest absolute Gasteiger partial charge is 0.444 e. The fraction of sp³-hybridized carbons (Fsp3) is 0.636. The van der Waals surface area contributed by atoms with Gasteiger partial charge in [-0.1, -0.05) is 13.8 Å². The molecule has 1 rings (SSSR count). The Hall–Kier alpha value is -1.07. The summed E-state index contributed by atoms with van der Waals surface area (Å²) in [5.74, 6) is 1.16. The van der Waals surface area contributed by atoms with Crippen molar-refractivity contribution in [1.82, 2.24) is 10.3 Å². The number of hydrogen-bond donors (Lipinski definition) is 2. The van der Waals surface area contributed by atoms with E-state index >= 15 is 0 Å². The van der Waals surface area contributed by atoms with Crippen LogP contribution < -0.4 is 11.1 Å². The number of nitrogens with zero attached hydrogens (tertiary/aromatic N) is 1. The lowest BCUT2D eigenvalue weighted by Gasteiger charge is -2.17. The SMILES string of the molecule is Cc1cnc(C(C)NC(=O)[C@H](N)C(C)C)o1.Cl. The minimum atomic E-state index is -0.501. The van der Waals surface area contributed by atoms with E-state index in [-0.39, 0.29) is 30.3 Å². The second-order valence-corrected chi connectivity index (χ2v) is 4.31. The Bertz CT molecular complexity index is 365. The van der Waals surface area contributed by atoms with E-state index in [1.807, 2.05) is 27.7 Å². The highest BCUT2D eigenvalue weighted by molar-refractivity contribution is 5.85. The van der Waals surface area contributed by atoms with Crippen molar-refractivity contribution in [3.8, 4) is 0 Å². The highest BCUT2D eigenvalue weighted by Crippen LogP contribution is 2.12. The topological polar surface area (TPSA) is 81.2 Å². The van der Waals surface area contributed by atoms with Gasteiger partial charge in [0.15, 0.2) is 0 Å². The number of nitrogens with one attached hydrogen (secondary N) is 1.